The predicted octanol–water partition coefficient (Wildman–Crippen LogP) is 4.95. The second-order valence-corrected chi connectivity index (χ2v) is 8.83. The number of nitrogens with zero attached hydrogens (tertiary/aromatic N) is 1. The van der Waals surface area contributed by atoms with Gasteiger partial charge >= 0.3 is 6.18 Å². The van der Waals surface area contributed by atoms with Gasteiger partial charge in [-0.3, -0.25) is 19.3 Å². The summed E-state index contributed by atoms with van der Waals surface area (Å²) in [5, 5.41) is 5.79. The summed E-state index contributed by atoms with van der Waals surface area (Å²) in [5.41, 5.74) is -0.512. The van der Waals surface area contributed by atoms with Crippen molar-refractivity contribution >= 4 is 18.1 Å². The fourth-order valence-electron chi connectivity index (χ4n) is 4.42. The quantitative estimate of drug-likeness (QED) is 0.197. The van der Waals surface area contributed by atoms with Crippen molar-refractivity contribution in [1.82, 2.24) is 15.5 Å². The molecule has 2 aromatic rings. The smallest absolute Gasteiger partial charge is 0.371 e. The summed E-state index contributed by atoms with van der Waals surface area (Å²) < 4.78 is 53.5. The van der Waals surface area contributed by atoms with Crippen LogP contribution in [0.15, 0.2) is 72.1 Å². The lowest BCUT2D eigenvalue weighted by molar-refractivity contribution is -0.137. The highest BCUT2D eigenvalue weighted by Gasteiger charge is 2.44. The molecule has 3 rings (SSSR count). The van der Waals surface area contributed by atoms with Gasteiger partial charge in [0, 0.05) is 35.7 Å². The third-order valence-electron chi connectivity index (χ3n) is 6.30. The van der Waals surface area contributed by atoms with Gasteiger partial charge < -0.3 is 10.6 Å². The minimum Gasteiger partial charge on any atom is -0.371 e. The van der Waals surface area contributed by atoms with Gasteiger partial charge in [-0.15, -0.1) is 0 Å². The molecule has 0 fully saturated rings. The molecule has 2 aromatic carbocycles. The van der Waals surface area contributed by atoms with Gasteiger partial charge in [0.15, 0.2) is 0 Å². The lowest BCUT2D eigenvalue weighted by Gasteiger charge is -2.41. The molecular weight excluding hydrogens is 502 g/mol. The first-order chi connectivity index (χ1) is 18.0. The molecule has 0 aromatic heterocycles. The Kier molecular flexibility index (Phi) is 9.08. The van der Waals surface area contributed by atoms with E-state index in [4.69, 9.17) is 0 Å². The maximum atomic E-state index is 13.8. The zero-order valence-electron chi connectivity index (χ0n) is 21.1. The minimum absolute atomic E-state index is 0.0441. The van der Waals surface area contributed by atoms with E-state index in [0.29, 0.717) is 35.9 Å². The molecule has 0 saturated carbocycles. The Hall–Kier alpha value is -3.95. The number of rotatable bonds is 10. The highest BCUT2D eigenvalue weighted by molar-refractivity contribution is 5.99. The molecule has 202 valence electrons. The van der Waals surface area contributed by atoms with Crippen molar-refractivity contribution in [1.29, 1.82) is 0 Å². The van der Waals surface area contributed by atoms with Crippen molar-refractivity contribution in [3.8, 4) is 0 Å². The first-order valence-electron chi connectivity index (χ1n) is 12.2. The fraction of sp³-hybridized carbons (Fsp3) is 0.321. The maximum absolute atomic E-state index is 13.8. The predicted molar refractivity (Wildman–Crippen MR) is 134 cm³/mol. The van der Waals surface area contributed by atoms with E-state index in [2.05, 4.69) is 17.2 Å². The summed E-state index contributed by atoms with van der Waals surface area (Å²) in [6, 6.07) is 7.77. The number of aldehydes is 1. The van der Waals surface area contributed by atoms with Crippen molar-refractivity contribution in [3.63, 3.8) is 0 Å². The molecule has 10 heteroatoms. The van der Waals surface area contributed by atoms with Gasteiger partial charge in [0.25, 0.3) is 11.8 Å². The molecule has 0 radical (unpaired) electrons. The van der Waals surface area contributed by atoms with Crippen LogP contribution in [0.1, 0.15) is 54.1 Å². The topological polar surface area (TPSA) is 78.5 Å². The van der Waals surface area contributed by atoms with Crippen LogP contribution >= 0.6 is 0 Å². The van der Waals surface area contributed by atoms with Crippen molar-refractivity contribution < 1.29 is 31.9 Å². The molecule has 0 aliphatic carbocycles. The molecule has 0 spiro atoms. The number of amides is 2. The number of hydrogen-bond acceptors (Lipinski definition) is 4. The van der Waals surface area contributed by atoms with Crippen LogP contribution in [0, 0.1) is 5.82 Å². The summed E-state index contributed by atoms with van der Waals surface area (Å²) in [4.78, 5) is 40.3. The molecule has 1 aliphatic heterocycles. The van der Waals surface area contributed by atoms with E-state index in [1.807, 2.05) is 6.92 Å². The zero-order chi connectivity index (χ0) is 28.0. The highest BCUT2D eigenvalue weighted by Crippen LogP contribution is 2.39. The molecule has 0 bridgehead atoms. The van der Waals surface area contributed by atoms with Crippen LogP contribution in [0.25, 0.3) is 0 Å². The average molecular weight is 532 g/mol. The number of unbranched alkanes of at least 4 members (excludes halogenated alkanes) is 1. The van der Waals surface area contributed by atoms with Crippen LogP contribution in [-0.4, -0.2) is 42.1 Å². The number of halogens is 4. The fourth-order valence-corrected chi connectivity index (χ4v) is 4.42. The Morgan fingerprint density at radius 3 is 2.39 bits per heavy atom. The Labute approximate surface area is 218 Å². The lowest BCUT2D eigenvalue weighted by atomic mass is 9.78. The molecule has 1 heterocycles. The Bertz CT molecular complexity index is 1240. The molecule has 2 unspecified atom stereocenters. The molecule has 2 amide bonds. The molecule has 0 saturated heterocycles. The molecule has 2 N–H and O–H groups in total. The first-order valence-corrected chi connectivity index (χ1v) is 12.2. The molecule has 1 aliphatic rings. The Morgan fingerprint density at radius 2 is 1.82 bits per heavy atom. The third kappa shape index (κ3) is 6.12. The Balaban J connectivity index is 2.16. The van der Waals surface area contributed by atoms with Gasteiger partial charge in [-0.1, -0.05) is 38.1 Å². The largest absolute Gasteiger partial charge is 0.416 e. The number of carbonyl (C=O) groups excluding carboxylic acids is 3. The number of carbonyl (C=O) groups is 3. The van der Waals surface area contributed by atoms with E-state index in [1.54, 1.807) is 6.92 Å². The van der Waals surface area contributed by atoms with E-state index < -0.39 is 41.3 Å². The monoisotopic (exact) mass is 531 g/mol. The summed E-state index contributed by atoms with van der Waals surface area (Å²) in [5.74, 6) is -2.60. The zero-order valence-corrected chi connectivity index (χ0v) is 21.1. The van der Waals surface area contributed by atoms with Gasteiger partial charge in [-0.05, 0) is 49.2 Å². The number of hydrogen-bond donors (Lipinski definition) is 2. The standard InChI is InChI=1S/C28H29F4N3O3/c1-4-6-14-33-25-22(17(3)16-36)23(18-10-12-21(29)13-11-18)24(27(38)35(25)5-2)34-26(37)19-8-7-9-20(15-19)28(30,31)32/h7-13,15-16,23-24,33H,3-6,14H2,1-2H3,(H,34,37). The van der Waals surface area contributed by atoms with Crippen LogP contribution in [0.2, 0.25) is 0 Å². The van der Waals surface area contributed by atoms with E-state index in [-0.39, 0.29) is 17.7 Å². The minimum atomic E-state index is -4.66. The van der Waals surface area contributed by atoms with Crippen molar-refractivity contribution in [3.05, 3.63) is 94.6 Å². The number of nitrogens with one attached hydrogen (secondary N) is 2. The van der Waals surface area contributed by atoms with Gasteiger partial charge in [0.2, 0.25) is 0 Å². The second kappa shape index (κ2) is 12.1. The second-order valence-electron chi connectivity index (χ2n) is 8.83. The van der Waals surface area contributed by atoms with Crippen LogP contribution < -0.4 is 10.6 Å². The summed E-state index contributed by atoms with van der Waals surface area (Å²) in [7, 11) is 0. The van der Waals surface area contributed by atoms with Gasteiger partial charge in [-0.25, -0.2) is 4.39 Å². The van der Waals surface area contributed by atoms with Gasteiger partial charge in [0.05, 0.1) is 5.56 Å². The van der Waals surface area contributed by atoms with E-state index in [0.717, 1.165) is 25.0 Å². The summed E-state index contributed by atoms with van der Waals surface area (Å²) in [6.07, 6.45) is -2.50. The van der Waals surface area contributed by atoms with Crippen LogP contribution in [-0.2, 0) is 15.8 Å². The number of allylic oxidation sites excluding steroid dienone is 1. The van der Waals surface area contributed by atoms with Crippen molar-refractivity contribution in [2.45, 2.75) is 44.8 Å². The first kappa shape index (κ1) is 28.6. The lowest BCUT2D eigenvalue weighted by Crippen LogP contribution is -2.57. The summed E-state index contributed by atoms with van der Waals surface area (Å²) in [6.45, 7) is 8.23. The number of likely N-dealkylation sites (N-methyl/N-ethyl adjacent to an activating group) is 1. The van der Waals surface area contributed by atoms with Crippen LogP contribution in [0.5, 0.6) is 0 Å². The molecule has 38 heavy (non-hydrogen) atoms. The van der Waals surface area contributed by atoms with Gasteiger partial charge in [0.1, 0.15) is 24.0 Å². The SMILES string of the molecule is C=C(C=O)C1=C(NCCCC)N(CC)C(=O)C(NC(=O)c2cccc(C(F)(F)F)c2)C1c1ccc(F)cc1. The average Bonchev–Trinajstić information content (AvgIpc) is 2.89. The van der Waals surface area contributed by atoms with E-state index >= 15 is 0 Å². The maximum Gasteiger partial charge on any atom is 0.416 e. The van der Waals surface area contributed by atoms with Crippen LogP contribution in [0.4, 0.5) is 17.6 Å². The van der Waals surface area contributed by atoms with Crippen molar-refractivity contribution in [2.24, 2.45) is 0 Å². The number of benzene rings is 2. The number of alkyl halides is 3. The Morgan fingerprint density at radius 1 is 1.13 bits per heavy atom. The highest BCUT2D eigenvalue weighted by atomic mass is 19.4. The normalized spacial score (nSPS) is 17.8. The third-order valence-corrected chi connectivity index (χ3v) is 6.30. The van der Waals surface area contributed by atoms with E-state index in [9.17, 15) is 31.9 Å². The van der Waals surface area contributed by atoms with E-state index in [1.165, 1.54) is 35.2 Å². The molecule has 2 atom stereocenters. The van der Waals surface area contributed by atoms with Gasteiger partial charge in [-0.2, -0.15) is 13.2 Å². The summed E-state index contributed by atoms with van der Waals surface area (Å²) >= 11 is 0. The van der Waals surface area contributed by atoms with Crippen molar-refractivity contribution in [2.75, 3.05) is 13.1 Å². The molecule has 6 nitrogen and oxygen atoms in total. The molecular formula is C28H29F4N3O3. The van der Waals surface area contributed by atoms with Crippen LogP contribution in [0.3, 0.4) is 0 Å².